The summed E-state index contributed by atoms with van der Waals surface area (Å²) in [6.07, 6.45) is 6.07. The van der Waals surface area contributed by atoms with Crippen molar-refractivity contribution >= 4 is 28.6 Å². The van der Waals surface area contributed by atoms with Crippen molar-refractivity contribution in [2.24, 2.45) is 0 Å². The SMILES string of the molecule is Clc1cnccc1N(Cc1cccs1)C1CC1. The molecule has 1 saturated carbocycles. The van der Waals surface area contributed by atoms with Crippen LogP contribution >= 0.6 is 22.9 Å². The van der Waals surface area contributed by atoms with Gasteiger partial charge in [0.1, 0.15) is 0 Å². The molecule has 0 aliphatic heterocycles. The highest BCUT2D eigenvalue weighted by Gasteiger charge is 2.30. The zero-order chi connectivity index (χ0) is 11.7. The van der Waals surface area contributed by atoms with Crippen LogP contribution in [-0.4, -0.2) is 11.0 Å². The van der Waals surface area contributed by atoms with Gasteiger partial charge in [0.15, 0.2) is 0 Å². The van der Waals surface area contributed by atoms with Gasteiger partial charge >= 0.3 is 0 Å². The Bertz CT molecular complexity index is 494. The van der Waals surface area contributed by atoms with E-state index in [4.69, 9.17) is 11.6 Å². The van der Waals surface area contributed by atoms with E-state index in [0.717, 1.165) is 17.3 Å². The Hall–Kier alpha value is -1.06. The fourth-order valence-corrected chi connectivity index (χ4v) is 2.90. The van der Waals surface area contributed by atoms with Crippen LogP contribution in [0.1, 0.15) is 17.7 Å². The molecule has 2 aromatic rings. The molecule has 0 unspecified atom stereocenters. The number of nitrogens with zero attached hydrogens (tertiary/aromatic N) is 2. The lowest BCUT2D eigenvalue weighted by Gasteiger charge is -2.24. The van der Waals surface area contributed by atoms with Crippen LogP contribution in [0.2, 0.25) is 5.02 Å². The molecule has 1 aliphatic rings. The molecule has 1 aliphatic carbocycles. The number of hydrogen-bond donors (Lipinski definition) is 0. The van der Waals surface area contributed by atoms with Crippen molar-refractivity contribution < 1.29 is 0 Å². The van der Waals surface area contributed by atoms with Gasteiger partial charge in [-0.05, 0) is 30.4 Å². The average Bonchev–Trinajstić information content (AvgIpc) is 3.05. The largest absolute Gasteiger partial charge is 0.362 e. The summed E-state index contributed by atoms with van der Waals surface area (Å²) < 4.78 is 0. The number of pyridine rings is 1. The van der Waals surface area contributed by atoms with Gasteiger partial charge in [0.25, 0.3) is 0 Å². The highest BCUT2D eigenvalue weighted by atomic mass is 35.5. The second-order valence-electron chi connectivity index (χ2n) is 4.27. The van der Waals surface area contributed by atoms with Gasteiger partial charge in [-0.1, -0.05) is 17.7 Å². The van der Waals surface area contributed by atoms with Crippen molar-refractivity contribution in [1.82, 2.24) is 4.98 Å². The Kier molecular flexibility index (Phi) is 3.04. The maximum atomic E-state index is 6.23. The Morgan fingerprint density at radius 2 is 2.29 bits per heavy atom. The van der Waals surface area contributed by atoms with Gasteiger partial charge in [-0.2, -0.15) is 0 Å². The van der Waals surface area contributed by atoms with Crippen LogP contribution in [0, 0.1) is 0 Å². The molecule has 2 nitrogen and oxygen atoms in total. The molecule has 0 amide bonds. The first-order chi connectivity index (χ1) is 8.34. The Balaban J connectivity index is 1.88. The van der Waals surface area contributed by atoms with Gasteiger partial charge in [0.2, 0.25) is 0 Å². The predicted octanol–water partition coefficient (Wildman–Crippen LogP) is 3.97. The third kappa shape index (κ3) is 2.45. The van der Waals surface area contributed by atoms with Crippen LogP contribution in [0.3, 0.4) is 0 Å². The zero-order valence-corrected chi connectivity index (χ0v) is 10.9. The van der Waals surface area contributed by atoms with Crippen molar-refractivity contribution in [3.63, 3.8) is 0 Å². The molecule has 2 aromatic heterocycles. The van der Waals surface area contributed by atoms with Gasteiger partial charge in [-0.3, -0.25) is 4.98 Å². The van der Waals surface area contributed by atoms with Crippen molar-refractivity contribution in [2.45, 2.75) is 25.4 Å². The molecular weight excluding hydrogens is 252 g/mol. The van der Waals surface area contributed by atoms with E-state index < -0.39 is 0 Å². The molecule has 3 rings (SSSR count). The summed E-state index contributed by atoms with van der Waals surface area (Å²) in [4.78, 5) is 7.83. The molecule has 1 fully saturated rings. The highest BCUT2D eigenvalue weighted by Crippen LogP contribution is 2.36. The Morgan fingerprint density at radius 3 is 2.94 bits per heavy atom. The zero-order valence-electron chi connectivity index (χ0n) is 9.34. The Labute approximate surface area is 110 Å². The first-order valence-corrected chi connectivity index (χ1v) is 6.99. The molecule has 0 saturated heterocycles. The van der Waals surface area contributed by atoms with E-state index in [-0.39, 0.29) is 0 Å². The van der Waals surface area contributed by atoms with Gasteiger partial charge in [0, 0.05) is 23.3 Å². The van der Waals surface area contributed by atoms with Gasteiger partial charge in [0.05, 0.1) is 17.3 Å². The number of hydrogen-bond acceptors (Lipinski definition) is 3. The monoisotopic (exact) mass is 264 g/mol. The van der Waals surface area contributed by atoms with Crippen LogP contribution in [-0.2, 0) is 6.54 Å². The molecule has 0 atom stereocenters. The molecule has 2 heterocycles. The summed E-state index contributed by atoms with van der Waals surface area (Å²) in [6.45, 7) is 0.950. The van der Waals surface area contributed by atoms with E-state index >= 15 is 0 Å². The predicted molar refractivity (Wildman–Crippen MR) is 72.8 cm³/mol. The van der Waals surface area contributed by atoms with E-state index in [1.807, 2.05) is 12.3 Å². The van der Waals surface area contributed by atoms with E-state index in [1.54, 1.807) is 17.5 Å². The molecule has 17 heavy (non-hydrogen) atoms. The summed E-state index contributed by atoms with van der Waals surface area (Å²) in [5.74, 6) is 0. The fraction of sp³-hybridized carbons (Fsp3) is 0.308. The van der Waals surface area contributed by atoms with Gasteiger partial charge in [-0.15, -0.1) is 11.3 Å². The van der Waals surface area contributed by atoms with Crippen molar-refractivity contribution in [3.05, 3.63) is 45.9 Å². The lowest BCUT2D eigenvalue weighted by molar-refractivity contribution is 0.802. The minimum Gasteiger partial charge on any atom is -0.362 e. The third-order valence-corrected chi connectivity index (χ3v) is 4.11. The molecule has 0 aromatic carbocycles. The van der Waals surface area contributed by atoms with Gasteiger partial charge in [-0.25, -0.2) is 0 Å². The van der Waals surface area contributed by atoms with Crippen LogP contribution in [0.4, 0.5) is 5.69 Å². The summed E-state index contributed by atoms with van der Waals surface area (Å²) in [5, 5.41) is 2.87. The summed E-state index contributed by atoms with van der Waals surface area (Å²) in [7, 11) is 0. The maximum Gasteiger partial charge on any atom is 0.0822 e. The van der Waals surface area contributed by atoms with Crippen LogP contribution in [0.25, 0.3) is 0 Å². The van der Waals surface area contributed by atoms with E-state index in [1.165, 1.54) is 17.7 Å². The van der Waals surface area contributed by atoms with Crippen LogP contribution in [0.15, 0.2) is 36.0 Å². The normalized spacial score (nSPS) is 14.9. The van der Waals surface area contributed by atoms with Crippen molar-refractivity contribution in [3.8, 4) is 0 Å². The van der Waals surface area contributed by atoms with Crippen molar-refractivity contribution in [1.29, 1.82) is 0 Å². The second-order valence-corrected chi connectivity index (χ2v) is 5.70. The maximum absolute atomic E-state index is 6.23. The smallest absolute Gasteiger partial charge is 0.0822 e. The number of aromatic nitrogens is 1. The fourth-order valence-electron chi connectivity index (χ4n) is 1.97. The first kappa shape index (κ1) is 11.1. The highest BCUT2D eigenvalue weighted by molar-refractivity contribution is 7.09. The standard InChI is InChI=1S/C13H13ClN2S/c14-12-8-15-6-5-13(12)16(10-3-4-10)9-11-2-1-7-17-11/h1-2,5-8,10H,3-4,9H2. The minimum absolute atomic E-state index is 0.650. The first-order valence-electron chi connectivity index (χ1n) is 5.73. The second kappa shape index (κ2) is 4.67. The molecule has 0 spiro atoms. The summed E-state index contributed by atoms with van der Waals surface area (Å²) >= 11 is 8.03. The minimum atomic E-state index is 0.650. The lowest BCUT2D eigenvalue weighted by Crippen LogP contribution is -2.24. The van der Waals surface area contributed by atoms with Crippen LogP contribution < -0.4 is 4.90 Å². The third-order valence-electron chi connectivity index (χ3n) is 2.95. The molecule has 0 N–H and O–H groups in total. The Morgan fingerprint density at radius 1 is 1.41 bits per heavy atom. The average molecular weight is 265 g/mol. The lowest BCUT2D eigenvalue weighted by atomic mass is 10.3. The quantitative estimate of drug-likeness (QED) is 0.831. The van der Waals surface area contributed by atoms with E-state index in [9.17, 15) is 0 Å². The number of anilines is 1. The summed E-state index contributed by atoms with van der Waals surface area (Å²) in [5.41, 5.74) is 1.11. The van der Waals surface area contributed by atoms with Crippen molar-refractivity contribution in [2.75, 3.05) is 4.90 Å². The molecule has 0 bridgehead atoms. The number of halogens is 1. The summed E-state index contributed by atoms with van der Waals surface area (Å²) in [6, 6.07) is 6.93. The molecule has 0 radical (unpaired) electrons. The molecule has 4 heteroatoms. The van der Waals surface area contributed by atoms with Gasteiger partial charge < -0.3 is 4.90 Å². The van der Waals surface area contributed by atoms with Crippen LogP contribution in [0.5, 0.6) is 0 Å². The topological polar surface area (TPSA) is 16.1 Å². The molecular formula is C13H13ClN2S. The molecule has 88 valence electrons. The number of rotatable bonds is 4. The van der Waals surface area contributed by atoms with E-state index in [2.05, 4.69) is 27.4 Å². The van der Waals surface area contributed by atoms with E-state index in [0.29, 0.717) is 6.04 Å². The number of thiophene rings is 1.